The number of hydrogen-bond donors (Lipinski definition) is 0. The predicted octanol–water partition coefficient (Wildman–Crippen LogP) is 2.54. The average molecular weight is 168 g/mol. The summed E-state index contributed by atoms with van der Waals surface area (Å²) in [6, 6.07) is 1.64. The second-order valence-electron chi connectivity index (χ2n) is 1.32. The van der Waals surface area contributed by atoms with Crippen LogP contribution >= 0.6 is 23.2 Å². The fourth-order valence-electron chi connectivity index (χ4n) is 0.386. The summed E-state index contributed by atoms with van der Waals surface area (Å²) in [5.41, 5.74) is 0. The van der Waals surface area contributed by atoms with E-state index in [2.05, 4.69) is 4.98 Å². The Kier molecular flexibility index (Phi) is 3.50. The summed E-state index contributed by atoms with van der Waals surface area (Å²) >= 11 is 11.0. The zero-order chi connectivity index (χ0) is 5.98. The SMILES string of the molecule is Clc1cncc(Cl)c1.F. The Morgan fingerprint density at radius 3 is 1.78 bits per heavy atom. The van der Waals surface area contributed by atoms with Gasteiger partial charge < -0.3 is 0 Å². The first-order chi connectivity index (χ1) is 3.79. The van der Waals surface area contributed by atoms with Gasteiger partial charge in [0, 0.05) is 12.4 Å². The van der Waals surface area contributed by atoms with Crippen LogP contribution in [0.15, 0.2) is 18.5 Å². The molecule has 0 amide bonds. The van der Waals surface area contributed by atoms with E-state index in [1.807, 2.05) is 0 Å². The van der Waals surface area contributed by atoms with Gasteiger partial charge >= 0.3 is 0 Å². The molecule has 1 aromatic heterocycles. The lowest BCUT2D eigenvalue weighted by Gasteiger charge is -1.85. The van der Waals surface area contributed by atoms with Crippen molar-refractivity contribution in [3.63, 3.8) is 0 Å². The average Bonchev–Trinajstić information content (AvgIpc) is 1.64. The van der Waals surface area contributed by atoms with E-state index < -0.39 is 0 Å². The van der Waals surface area contributed by atoms with Gasteiger partial charge in [0.25, 0.3) is 0 Å². The molecule has 0 atom stereocenters. The smallest absolute Gasteiger partial charge is 0.0604 e. The summed E-state index contributed by atoms with van der Waals surface area (Å²) in [5, 5.41) is 1.13. The molecule has 0 aliphatic carbocycles. The summed E-state index contributed by atoms with van der Waals surface area (Å²) in [4.78, 5) is 3.72. The molecule has 0 aliphatic heterocycles. The van der Waals surface area contributed by atoms with Crippen molar-refractivity contribution in [3.05, 3.63) is 28.5 Å². The second-order valence-corrected chi connectivity index (χ2v) is 2.19. The van der Waals surface area contributed by atoms with Crippen LogP contribution in [0.2, 0.25) is 10.0 Å². The Morgan fingerprint density at radius 2 is 1.56 bits per heavy atom. The number of aromatic nitrogens is 1. The first kappa shape index (κ1) is 8.66. The summed E-state index contributed by atoms with van der Waals surface area (Å²) in [6.07, 6.45) is 3.07. The number of hydrogen-bond acceptors (Lipinski definition) is 1. The van der Waals surface area contributed by atoms with Gasteiger partial charge in [-0.3, -0.25) is 9.69 Å². The van der Waals surface area contributed by atoms with Crippen molar-refractivity contribution < 1.29 is 4.70 Å². The van der Waals surface area contributed by atoms with Crippen LogP contribution in [0, 0.1) is 0 Å². The maximum Gasteiger partial charge on any atom is 0.0604 e. The van der Waals surface area contributed by atoms with Crippen LogP contribution in [0.4, 0.5) is 4.70 Å². The quantitative estimate of drug-likeness (QED) is 0.579. The second kappa shape index (κ2) is 3.64. The molecule has 0 unspecified atom stereocenters. The summed E-state index contributed by atoms with van der Waals surface area (Å²) in [6.45, 7) is 0. The van der Waals surface area contributed by atoms with Gasteiger partial charge in [-0.2, -0.15) is 0 Å². The van der Waals surface area contributed by atoms with Crippen LogP contribution in [0.3, 0.4) is 0 Å². The van der Waals surface area contributed by atoms with Crippen molar-refractivity contribution in [1.82, 2.24) is 4.98 Å². The normalized spacial score (nSPS) is 8.22. The molecule has 0 fully saturated rings. The van der Waals surface area contributed by atoms with Gasteiger partial charge in [-0.1, -0.05) is 23.2 Å². The van der Waals surface area contributed by atoms with Crippen LogP contribution in [0.1, 0.15) is 0 Å². The Labute approximate surface area is 62.0 Å². The van der Waals surface area contributed by atoms with Gasteiger partial charge in [0.2, 0.25) is 0 Å². The van der Waals surface area contributed by atoms with Crippen molar-refractivity contribution in [2.75, 3.05) is 0 Å². The maximum atomic E-state index is 5.50. The lowest BCUT2D eigenvalue weighted by atomic mass is 10.5. The minimum atomic E-state index is 0. The molecule has 1 nitrogen and oxygen atoms in total. The van der Waals surface area contributed by atoms with Gasteiger partial charge in [0.05, 0.1) is 10.0 Å². The van der Waals surface area contributed by atoms with Crippen LogP contribution < -0.4 is 0 Å². The third-order valence-corrected chi connectivity index (χ3v) is 1.08. The van der Waals surface area contributed by atoms with Crippen molar-refractivity contribution in [2.45, 2.75) is 0 Å². The first-order valence-electron chi connectivity index (χ1n) is 2.05. The molecule has 4 heteroatoms. The molecule has 50 valence electrons. The first-order valence-corrected chi connectivity index (χ1v) is 2.80. The molecule has 1 heterocycles. The fraction of sp³-hybridized carbons (Fsp3) is 0. The minimum absolute atomic E-state index is 0. The molecule has 0 N–H and O–H groups in total. The van der Waals surface area contributed by atoms with Gasteiger partial charge in [-0.15, -0.1) is 0 Å². The van der Waals surface area contributed by atoms with Crippen LogP contribution in [0.5, 0.6) is 0 Å². The van der Waals surface area contributed by atoms with E-state index >= 15 is 0 Å². The van der Waals surface area contributed by atoms with Crippen LogP contribution in [-0.2, 0) is 0 Å². The fourth-order valence-corrected chi connectivity index (χ4v) is 0.790. The molecular formula is C5H4Cl2FN. The molecule has 1 aromatic rings. The zero-order valence-electron chi connectivity index (χ0n) is 4.34. The molecule has 0 aromatic carbocycles. The van der Waals surface area contributed by atoms with E-state index in [9.17, 15) is 0 Å². The van der Waals surface area contributed by atoms with Gasteiger partial charge in [0.15, 0.2) is 0 Å². The molecular weight excluding hydrogens is 164 g/mol. The summed E-state index contributed by atoms with van der Waals surface area (Å²) in [7, 11) is 0. The largest absolute Gasteiger partial charge is 0.269 e. The van der Waals surface area contributed by atoms with Crippen molar-refractivity contribution in [1.29, 1.82) is 0 Å². The molecule has 0 saturated heterocycles. The summed E-state index contributed by atoms with van der Waals surface area (Å²) < 4.78 is 0. The molecule has 0 aliphatic rings. The van der Waals surface area contributed by atoms with Gasteiger partial charge in [-0.25, -0.2) is 0 Å². The number of rotatable bonds is 0. The van der Waals surface area contributed by atoms with Gasteiger partial charge in [-0.05, 0) is 6.07 Å². The number of nitrogens with zero attached hydrogens (tertiary/aromatic N) is 1. The highest BCUT2D eigenvalue weighted by Gasteiger charge is 1.86. The Morgan fingerprint density at radius 1 is 1.11 bits per heavy atom. The minimum Gasteiger partial charge on any atom is -0.269 e. The zero-order valence-corrected chi connectivity index (χ0v) is 5.86. The monoisotopic (exact) mass is 167 g/mol. The highest BCUT2D eigenvalue weighted by Crippen LogP contribution is 2.11. The van der Waals surface area contributed by atoms with Crippen molar-refractivity contribution in [3.8, 4) is 0 Å². The molecule has 1 rings (SSSR count). The third kappa shape index (κ3) is 2.63. The highest BCUT2D eigenvalue weighted by molar-refractivity contribution is 6.34. The van der Waals surface area contributed by atoms with Crippen molar-refractivity contribution in [2.24, 2.45) is 0 Å². The third-order valence-electron chi connectivity index (χ3n) is 0.672. The van der Waals surface area contributed by atoms with Crippen molar-refractivity contribution >= 4 is 23.2 Å². The Bertz CT molecular complexity index is 175. The number of pyridine rings is 1. The Hall–Kier alpha value is -0.340. The lowest BCUT2D eigenvalue weighted by molar-refractivity contribution is 1.11. The van der Waals surface area contributed by atoms with E-state index in [-0.39, 0.29) is 4.70 Å². The number of halogens is 3. The van der Waals surface area contributed by atoms with Gasteiger partial charge in [0.1, 0.15) is 0 Å². The van der Waals surface area contributed by atoms with E-state index in [4.69, 9.17) is 23.2 Å². The lowest BCUT2D eigenvalue weighted by Crippen LogP contribution is -1.68. The Balaban J connectivity index is 0.000000640. The predicted molar refractivity (Wildman–Crippen MR) is 36.8 cm³/mol. The van der Waals surface area contributed by atoms with E-state index in [1.54, 1.807) is 6.07 Å². The van der Waals surface area contributed by atoms with E-state index in [1.165, 1.54) is 12.4 Å². The molecule has 0 saturated carbocycles. The highest BCUT2D eigenvalue weighted by atomic mass is 35.5. The molecule has 0 spiro atoms. The standard InChI is InChI=1S/C5H3Cl2N.FH/c6-4-1-5(7)3-8-2-4;/h1-3H;1H. The molecule has 0 bridgehead atoms. The topological polar surface area (TPSA) is 12.9 Å². The summed E-state index contributed by atoms with van der Waals surface area (Å²) in [5.74, 6) is 0. The van der Waals surface area contributed by atoms with Crippen LogP contribution in [-0.4, -0.2) is 4.98 Å². The van der Waals surface area contributed by atoms with E-state index in [0.717, 1.165) is 0 Å². The van der Waals surface area contributed by atoms with Crippen LogP contribution in [0.25, 0.3) is 0 Å². The maximum absolute atomic E-state index is 5.50. The van der Waals surface area contributed by atoms with E-state index in [0.29, 0.717) is 10.0 Å². The molecule has 0 radical (unpaired) electrons. The molecule has 9 heavy (non-hydrogen) atoms.